The van der Waals surface area contributed by atoms with Gasteiger partial charge in [0.1, 0.15) is 0 Å². The van der Waals surface area contributed by atoms with E-state index in [1.54, 1.807) is 0 Å². The van der Waals surface area contributed by atoms with Crippen molar-refractivity contribution in [1.82, 2.24) is 10.2 Å². The van der Waals surface area contributed by atoms with Gasteiger partial charge in [0.05, 0.1) is 6.54 Å². The van der Waals surface area contributed by atoms with Gasteiger partial charge in [-0.3, -0.25) is 0 Å². The molecule has 4 rings (SSSR count). The van der Waals surface area contributed by atoms with E-state index in [1.165, 1.54) is 24.1 Å². The Morgan fingerprint density at radius 3 is 2.59 bits per heavy atom. The molecule has 140 valence electrons. The molecule has 1 N–H and O–H groups in total. The Kier molecular flexibility index (Phi) is 5.10. The van der Waals surface area contributed by atoms with Crippen molar-refractivity contribution in [3.05, 3.63) is 60.0 Å². The van der Waals surface area contributed by atoms with E-state index < -0.39 is 0 Å². The van der Waals surface area contributed by atoms with Gasteiger partial charge in [-0.2, -0.15) is 0 Å². The predicted molar refractivity (Wildman–Crippen MR) is 109 cm³/mol. The second-order valence-electron chi connectivity index (χ2n) is 7.44. The van der Waals surface area contributed by atoms with Crippen LogP contribution in [-0.2, 0) is 6.54 Å². The van der Waals surface area contributed by atoms with Crippen molar-refractivity contribution in [1.29, 1.82) is 0 Å². The van der Waals surface area contributed by atoms with Crippen molar-refractivity contribution in [3.8, 4) is 11.5 Å². The maximum Gasteiger partial charge on any atom is 0.247 e. The third-order valence-electron chi connectivity index (χ3n) is 5.19. The van der Waals surface area contributed by atoms with Gasteiger partial charge in [0.15, 0.2) is 0 Å². The van der Waals surface area contributed by atoms with Crippen LogP contribution in [0.1, 0.15) is 31.2 Å². The SMILES string of the molecule is Cc1cccc(-c2nnc(CNc3ccc(N4CCC(C)CC4)cc3)o2)c1. The topological polar surface area (TPSA) is 54.2 Å². The molecule has 0 unspecified atom stereocenters. The second-order valence-corrected chi connectivity index (χ2v) is 7.44. The van der Waals surface area contributed by atoms with E-state index in [9.17, 15) is 0 Å². The van der Waals surface area contributed by atoms with E-state index in [0.29, 0.717) is 18.3 Å². The van der Waals surface area contributed by atoms with Crippen LogP contribution in [0.25, 0.3) is 11.5 Å². The summed E-state index contributed by atoms with van der Waals surface area (Å²) in [6.45, 7) is 7.21. The largest absolute Gasteiger partial charge is 0.419 e. The Balaban J connectivity index is 1.35. The highest BCUT2D eigenvalue weighted by atomic mass is 16.4. The first-order valence-corrected chi connectivity index (χ1v) is 9.66. The van der Waals surface area contributed by atoms with Gasteiger partial charge in [-0.25, -0.2) is 0 Å². The number of nitrogens with one attached hydrogen (secondary N) is 1. The zero-order valence-corrected chi connectivity index (χ0v) is 16.0. The molecule has 5 heteroatoms. The van der Waals surface area contributed by atoms with Crippen LogP contribution in [0, 0.1) is 12.8 Å². The number of hydrogen-bond donors (Lipinski definition) is 1. The van der Waals surface area contributed by atoms with Crippen LogP contribution in [0.5, 0.6) is 0 Å². The lowest BCUT2D eigenvalue weighted by Crippen LogP contribution is -2.32. The minimum absolute atomic E-state index is 0.513. The summed E-state index contributed by atoms with van der Waals surface area (Å²) in [6.07, 6.45) is 2.56. The number of piperidine rings is 1. The maximum absolute atomic E-state index is 5.78. The number of aromatic nitrogens is 2. The van der Waals surface area contributed by atoms with Crippen LogP contribution in [-0.4, -0.2) is 23.3 Å². The molecule has 1 fully saturated rings. The molecule has 5 nitrogen and oxygen atoms in total. The van der Waals surface area contributed by atoms with Gasteiger partial charge in [0.25, 0.3) is 0 Å². The van der Waals surface area contributed by atoms with Gasteiger partial charge in [-0.1, -0.05) is 24.6 Å². The summed E-state index contributed by atoms with van der Waals surface area (Å²) in [5, 5.41) is 11.7. The Hall–Kier alpha value is -2.82. The summed E-state index contributed by atoms with van der Waals surface area (Å²) in [7, 11) is 0. The zero-order chi connectivity index (χ0) is 18.6. The summed E-state index contributed by atoms with van der Waals surface area (Å²) >= 11 is 0. The molecular formula is C22H26N4O. The van der Waals surface area contributed by atoms with E-state index in [4.69, 9.17) is 4.42 Å². The summed E-state index contributed by atoms with van der Waals surface area (Å²) in [5.74, 6) is 1.99. The average molecular weight is 362 g/mol. The summed E-state index contributed by atoms with van der Waals surface area (Å²) < 4.78 is 5.78. The van der Waals surface area contributed by atoms with Crippen LogP contribution in [0.3, 0.4) is 0 Å². The van der Waals surface area contributed by atoms with Crippen molar-refractivity contribution < 1.29 is 4.42 Å². The monoisotopic (exact) mass is 362 g/mol. The molecule has 3 aromatic rings. The van der Waals surface area contributed by atoms with Crippen molar-refractivity contribution in [2.24, 2.45) is 5.92 Å². The maximum atomic E-state index is 5.78. The number of hydrogen-bond acceptors (Lipinski definition) is 5. The number of anilines is 2. The van der Waals surface area contributed by atoms with Crippen molar-refractivity contribution >= 4 is 11.4 Å². The van der Waals surface area contributed by atoms with Gasteiger partial charge in [0.2, 0.25) is 11.8 Å². The molecular weight excluding hydrogens is 336 g/mol. The Morgan fingerprint density at radius 1 is 1.07 bits per heavy atom. The van der Waals surface area contributed by atoms with Crippen molar-refractivity contribution in [2.75, 3.05) is 23.3 Å². The fourth-order valence-electron chi connectivity index (χ4n) is 3.45. The molecule has 27 heavy (non-hydrogen) atoms. The van der Waals surface area contributed by atoms with Gasteiger partial charge in [0, 0.05) is 30.0 Å². The quantitative estimate of drug-likeness (QED) is 0.700. The lowest BCUT2D eigenvalue weighted by Gasteiger charge is -2.32. The first kappa shape index (κ1) is 17.6. The summed E-state index contributed by atoms with van der Waals surface area (Å²) in [5.41, 5.74) is 4.48. The fraction of sp³-hybridized carbons (Fsp3) is 0.364. The zero-order valence-electron chi connectivity index (χ0n) is 16.0. The first-order valence-electron chi connectivity index (χ1n) is 9.66. The van der Waals surface area contributed by atoms with Crippen LogP contribution in [0.2, 0.25) is 0 Å². The molecule has 0 spiro atoms. The third kappa shape index (κ3) is 4.30. The summed E-state index contributed by atoms with van der Waals surface area (Å²) in [6, 6.07) is 16.7. The number of benzene rings is 2. The van der Waals surface area contributed by atoms with E-state index in [-0.39, 0.29) is 0 Å². The van der Waals surface area contributed by atoms with Crippen LogP contribution in [0.15, 0.2) is 52.9 Å². The predicted octanol–water partition coefficient (Wildman–Crippen LogP) is 4.89. The van der Waals surface area contributed by atoms with Crippen molar-refractivity contribution in [3.63, 3.8) is 0 Å². The highest BCUT2D eigenvalue weighted by Gasteiger charge is 2.15. The Labute approximate surface area is 160 Å². The lowest BCUT2D eigenvalue weighted by atomic mass is 9.99. The smallest absolute Gasteiger partial charge is 0.247 e. The van der Waals surface area contributed by atoms with Gasteiger partial charge >= 0.3 is 0 Å². The normalized spacial score (nSPS) is 15.1. The van der Waals surface area contributed by atoms with Crippen LogP contribution < -0.4 is 10.2 Å². The summed E-state index contributed by atoms with van der Waals surface area (Å²) in [4.78, 5) is 2.47. The molecule has 0 bridgehead atoms. The van der Waals surface area contributed by atoms with E-state index in [1.807, 2.05) is 18.2 Å². The van der Waals surface area contributed by atoms with E-state index in [0.717, 1.165) is 30.3 Å². The Bertz CT molecular complexity index is 879. The molecule has 1 saturated heterocycles. The molecule has 1 aromatic heterocycles. The minimum Gasteiger partial charge on any atom is -0.419 e. The molecule has 1 aliphatic heterocycles. The molecule has 2 aromatic carbocycles. The van der Waals surface area contributed by atoms with Crippen LogP contribution >= 0.6 is 0 Å². The molecule has 0 aliphatic carbocycles. The van der Waals surface area contributed by atoms with Gasteiger partial charge in [-0.15, -0.1) is 10.2 Å². The van der Waals surface area contributed by atoms with E-state index >= 15 is 0 Å². The minimum atomic E-state index is 0.513. The number of aryl methyl sites for hydroxylation is 1. The first-order chi connectivity index (χ1) is 13.2. The lowest BCUT2D eigenvalue weighted by molar-refractivity contribution is 0.438. The number of rotatable bonds is 5. The Morgan fingerprint density at radius 2 is 1.85 bits per heavy atom. The third-order valence-corrected chi connectivity index (χ3v) is 5.19. The second kappa shape index (κ2) is 7.82. The highest BCUT2D eigenvalue weighted by molar-refractivity contribution is 5.56. The molecule has 0 saturated carbocycles. The molecule has 0 atom stereocenters. The van der Waals surface area contributed by atoms with E-state index in [2.05, 4.69) is 64.6 Å². The fourth-order valence-corrected chi connectivity index (χ4v) is 3.45. The molecule has 1 aliphatic rings. The molecule has 0 amide bonds. The van der Waals surface area contributed by atoms with Gasteiger partial charge in [-0.05, 0) is 62.1 Å². The number of nitrogens with zero attached hydrogens (tertiary/aromatic N) is 3. The molecule has 0 radical (unpaired) electrons. The average Bonchev–Trinajstić information content (AvgIpc) is 3.17. The molecule has 2 heterocycles. The van der Waals surface area contributed by atoms with Crippen molar-refractivity contribution in [2.45, 2.75) is 33.2 Å². The van der Waals surface area contributed by atoms with Gasteiger partial charge < -0.3 is 14.6 Å². The van der Waals surface area contributed by atoms with Crippen LogP contribution in [0.4, 0.5) is 11.4 Å². The highest BCUT2D eigenvalue weighted by Crippen LogP contribution is 2.24. The standard InChI is InChI=1S/C22H26N4O/c1-16-10-12-26(13-11-16)20-8-6-19(7-9-20)23-15-21-24-25-22(27-21)18-5-3-4-17(2)14-18/h3-9,14,16,23H,10-13,15H2,1-2H3.